The third-order valence-corrected chi connectivity index (χ3v) is 7.65. The number of β-lactam (4-membered cyclic amide) rings is 1. The molecule has 5 rings (SSSR count). The number of aromatic nitrogens is 4. The van der Waals surface area contributed by atoms with E-state index in [1.165, 1.54) is 22.0 Å². The molecule has 2 amide bonds. The number of imidazole rings is 1. The van der Waals surface area contributed by atoms with Gasteiger partial charge in [-0.05, 0) is 6.07 Å². The second-order valence-electron chi connectivity index (χ2n) is 7.90. The molecule has 0 unspecified atom stereocenters. The number of nitrogens with zero attached hydrogens (tertiary/aromatic N) is 6. The molecule has 0 saturated carbocycles. The lowest BCUT2D eigenvalue weighted by atomic mass is 10.0. The standard InChI is InChI=1S/C21H19FN8O5S2/c22-3-7-35-27-14(12-10-37-21(23)25-12)17(31)26-15-18(32)30-16(20(33)34)11(9-36-19(15)30)8-28-5-6-29-13(28)2-1-4-24-29/h1-2,4-6,10,15,19H,3,7-9H2,(H3-,23,25,26,31,33,34)/p+1/b27-14+/t15-,19-/m1/s1. The van der Waals surface area contributed by atoms with Crippen molar-refractivity contribution in [3.8, 4) is 0 Å². The molecule has 0 radical (unpaired) electrons. The maximum atomic E-state index is 13.1. The molecule has 0 aromatic carbocycles. The van der Waals surface area contributed by atoms with E-state index < -0.39 is 35.9 Å². The summed E-state index contributed by atoms with van der Waals surface area (Å²) < 4.78 is 16.0. The van der Waals surface area contributed by atoms with Crippen molar-refractivity contribution in [3.63, 3.8) is 0 Å². The summed E-state index contributed by atoms with van der Waals surface area (Å²) in [5, 5.41) is 21.4. The number of carboxylic acid groups (broad SMARTS) is 1. The van der Waals surface area contributed by atoms with Crippen LogP contribution >= 0.6 is 23.1 Å². The van der Waals surface area contributed by atoms with E-state index in [2.05, 4.69) is 20.6 Å². The lowest BCUT2D eigenvalue weighted by Gasteiger charge is -2.49. The fourth-order valence-electron chi connectivity index (χ4n) is 4.04. The molecule has 2 aliphatic heterocycles. The van der Waals surface area contributed by atoms with E-state index in [1.54, 1.807) is 29.2 Å². The van der Waals surface area contributed by atoms with Gasteiger partial charge in [0.25, 0.3) is 11.8 Å². The number of aliphatic carboxylic acids is 1. The second-order valence-corrected chi connectivity index (χ2v) is 9.90. The van der Waals surface area contributed by atoms with Gasteiger partial charge in [-0.2, -0.15) is 0 Å². The normalized spacial score (nSPS) is 19.5. The maximum absolute atomic E-state index is 13.1. The number of thiazole rings is 1. The predicted molar refractivity (Wildman–Crippen MR) is 130 cm³/mol. The van der Waals surface area contributed by atoms with Crippen molar-refractivity contribution in [2.75, 3.05) is 24.8 Å². The smallest absolute Gasteiger partial charge is 0.352 e. The van der Waals surface area contributed by atoms with Crippen molar-refractivity contribution in [2.45, 2.75) is 18.0 Å². The molecule has 2 aliphatic rings. The number of nitrogen functional groups attached to an aromatic ring is 1. The Balaban J connectivity index is 1.36. The van der Waals surface area contributed by atoms with Crippen LogP contribution in [-0.2, 0) is 25.8 Å². The van der Waals surface area contributed by atoms with Gasteiger partial charge in [-0.15, -0.1) is 27.6 Å². The summed E-state index contributed by atoms with van der Waals surface area (Å²) in [7, 11) is 0. The Morgan fingerprint density at radius 3 is 3.00 bits per heavy atom. The Morgan fingerprint density at radius 2 is 2.27 bits per heavy atom. The van der Waals surface area contributed by atoms with Gasteiger partial charge in [0.2, 0.25) is 0 Å². The zero-order valence-corrected chi connectivity index (χ0v) is 20.6. The number of nitrogens with one attached hydrogen (secondary N) is 1. The summed E-state index contributed by atoms with van der Waals surface area (Å²) in [6.45, 7) is -0.933. The van der Waals surface area contributed by atoms with Gasteiger partial charge in [0.1, 0.15) is 48.8 Å². The number of alkyl halides is 1. The molecule has 0 spiro atoms. The molecule has 1 fully saturated rings. The van der Waals surface area contributed by atoms with Gasteiger partial charge in [-0.3, -0.25) is 14.5 Å². The van der Waals surface area contributed by atoms with Crippen molar-refractivity contribution >= 4 is 57.4 Å². The van der Waals surface area contributed by atoms with Crippen LogP contribution in [0, 0.1) is 0 Å². The van der Waals surface area contributed by atoms with Gasteiger partial charge in [-0.25, -0.2) is 18.7 Å². The number of hydrogen-bond acceptors (Lipinski definition) is 10. The Labute approximate surface area is 216 Å². The highest BCUT2D eigenvalue weighted by molar-refractivity contribution is 8.00. The van der Waals surface area contributed by atoms with Gasteiger partial charge >= 0.3 is 11.6 Å². The quantitative estimate of drug-likeness (QED) is 0.108. The zero-order chi connectivity index (χ0) is 26.1. The lowest BCUT2D eigenvalue weighted by Crippen LogP contribution is -2.71. The average Bonchev–Trinajstić information content (AvgIpc) is 3.50. The highest BCUT2D eigenvalue weighted by Gasteiger charge is 2.54. The van der Waals surface area contributed by atoms with Crippen molar-refractivity contribution < 1.29 is 33.3 Å². The van der Waals surface area contributed by atoms with Crippen molar-refractivity contribution in [2.24, 2.45) is 5.16 Å². The number of hydrogen-bond donors (Lipinski definition) is 3. The molecule has 3 aromatic heterocycles. The first kappa shape index (κ1) is 24.6. The summed E-state index contributed by atoms with van der Waals surface area (Å²) in [5.74, 6) is -2.26. The third-order valence-electron chi connectivity index (χ3n) is 5.64. The largest absolute Gasteiger partial charge is 0.477 e. The number of carbonyl (C=O) groups is 3. The number of rotatable bonds is 9. The van der Waals surface area contributed by atoms with E-state index in [1.807, 2.05) is 10.6 Å². The zero-order valence-electron chi connectivity index (χ0n) is 19.0. The van der Waals surface area contributed by atoms with Crippen LogP contribution < -0.4 is 15.6 Å². The SMILES string of the molecule is Nc1nc(/C(=N\OCCF)C(=O)N[C@@H]2C(=O)N3C(C(=O)O)=C(C[n+]4ccn5ncccc54)CS[C@H]23)cs1. The van der Waals surface area contributed by atoms with E-state index in [0.717, 1.165) is 17.0 Å². The Morgan fingerprint density at radius 1 is 1.43 bits per heavy atom. The van der Waals surface area contributed by atoms with E-state index in [9.17, 15) is 23.9 Å². The number of nitrogens with two attached hydrogens (primary N) is 1. The van der Waals surface area contributed by atoms with E-state index in [0.29, 0.717) is 11.3 Å². The number of amides is 2. The molecular formula is C21H20FN8O5S2+. The minimum atomic E-state index is -1.24. The van der Waals surface area contributed by atoms with Crippen LogP contribution in [0.3, 0.4) is 0 Å². The highest BCUT2D eigenvalue weighted by atomic mass is 32.2. The van der Waals surface area contributed by atoms with Crippen LogP contribution in [0.1, 0.15) is 5.69 Å². The lowest BCUT2D eigenvalue weighted by molar-refractivity contribution is -0.662. The summed E-state index contributed by atoms with van der Waals surface area (Å²) in [6.07, 6.45) is 5.17. The number of halogens is 1. The Bertz CT molecular complexity index is 1450. The summed E-state index contributed by atoms with van der Waals surface area (Å²) in [6, 6.07) is 2.62. The molecule has 37 heavy (non-hydrogen) atoms. The molecule has 0 bridgehead atoms. The van der Waals surface area contributed by atoms with Crippen LogP contribution in [0.5, 0.6) is 0 Å². The number of anilines is 1. The molecule has 1 saturated heterocycles. The first-order valence-corrected chi connectivity index (χ1v) is 12.8. The van der Waals surface area contributed by atoms with E-state index >= 15 is 0 Å². The molecule has 3 aromatic rings. The Kier molecular flexibility index (Phi) is 6.75. The van der Waals surface area contributed by atoms with Crippen LogP contribution in [0.25, 0.3) is 5.65 Å². The fraction of sp³-hybridized carbons (Fsp3) is 0.286. The topological polar surface area (TPSA) is 168 Å². The molecule has 4 N–H and O–H groups in total. The number of carbonyl (C=O) groups excluding carboxylic acids is 2. The molecule has 13 nitrogen and oxygen atoms in total. The van der Waals surface area contributed by atoms with Gasteiger partial charge in [0.05, 0.1) is 6.20 Å². The third kappa shape index (κ3) is 4.60. The minimum Gasteiger partial charge on any atom is -0.477 e. The van der Waals surface area contributed by atoms with Gasteiger partial charge in [0, 0.05) is 22.8 Å². The first-order valence-electron chi connectivity index (χ1n) is 10.9. The number of carboxylic acids is 1. The predicted octanol–water partition coefficient (Wildman–Crippen LogP) is -0.210. The van der Waals surface area contributed by atoms with E-state index in [-0.39, 0.29) is 35.4 Å². The maximum Gasteiger partial charge on any atom is 0.352 e. The molecule has 16 heteroatoms. The summed E-state index contributed by atoms with van der Waals surface area (Å²) in [4.78, 5) is 48.2. The first-order chi connectivity index (χ1) is 17.9. The van der Waals surface area contributed by atoms with Crippen molar-refractivity contribution in [1.82, 2.24) is 24.8 Å². The summed E-state index contributed by atoms with van der Waals surface area (Å²) >= 11 is 2.41. The monoisotopic (exact) mass is 547 g/mol. The van der Waals surface area contributed by atoms with Crippen LogP contribution in [0.4, 0.5) is 9.52 Å². The Hall–Kier alpha value is -4.05. The van der Waals surface area contributed by atoms with Gasteiger partial charge in [-0.1, -0.05) is 10.3 Å². The van der Waals surface area contributed by atoms with Crippen molar-refractivity contribution in [3.05, 3.63) is 53.1 Å². The second kappa shape index (κ2) is 10.1. The van der Waals surface area contributed by atoms with Crippen molar-refractivity contribution in [1.29, 1.82) is 0 Å². The number of thioether (sulfide) groups is 1. The fourth-order valence-corrected chi connectivity index (χ4v) is 5.92. The van der Waals surface area contributed by atoms with Crippen LogP contribution in [0.15, 0.2) is 52.5 Å². The average molecular weight is 548 g/mol. The van der Waals surface area contributed by atoms with Crippen LogP contribution in [-0.4, -0.2) is 78.5 Å². The van der Waals surface area contributed by atoms with E-state index in [4.69, 9.17) is 10.6 Å². The van der Waals surface area contributed by atoms with Crippen LogP contribution in [0.2, 0.25) is 0 Å². The highest BCUT2D eigenvalue weighted by Crippen LogP contribution is 2.40. The molecule has 192 valence electrons. The molecule has 0 aliphatic carbocycles. The molecule has 2 atom stereocenters. The summed E-state index contributed by atoms with van der Waals surface area (Å²) in [5.41, 5.74) is 6.68. The molecular weight excluding hydrogens is 527 g/mol. The van der Waals surface area contributed by atoms with Gasteiger partial charge in [0.15, 0.2) is 17.0 Å². The number of fused-ring (bicyclic) bond motifs is 2. The molecule has 5 heterocycles. The minimum absolute atomic E-state index is 0.109. The van der Waals surface area contributed by atoms with Gasteiger partial charge < -0.3 is 21.0 Å². The number of oxime groups is 1.